The third-order valence-corrected chi connectivity index (χ3v) is 3.33. The van der Waals surface area contributed by atoms with Gasteiger partial charge < -0.3 is 10.6 Å². The number of nitrogens with one attached hydrogen (secondary N) is 1. The Balaban J connectivity index is 2.35. The molecule has 0 saturated carbocycles. The summed E-state index contributed by atoms with van der Waals surface area (Å²) in [6, 6.07) is 9.97. The number of nitrogens with zero attached hydrogens (tertiary/aromatic N) is 2. The van der Waals surface area contributed by atoms with Crippen LogP contribution in [0.3, 0.4) is 0 Å². The minimum absolute atomic E-state index is 0.729. The fraction of sp³-hybridized carbons (Fsp3) is 0.200. The van der Waals surface area contributed by atoms with Gasteiger partial charge >= 0.3 is 0 Å². The van der Waals surface area contributed by atoms with Crippen LogP contribution in [0.1, 0.15) is 5.56 Å². The molecule has 19 heavy (non-hydrogen) atoms. The van der Waals surface area contributed by atoms with Crippen molar-refractivity contribution in [2.45, 2.75) is 6.92 Å². The van der Waals surface area contributed by atoms with Gasteiger partial charge in [-0.3, -0.25) is 0 Å². The fourth-order valence-electron chi connectivity index (χ4n) is 2.38. The first-order chi connectivity index (χ1) is 9.04. The van der Waals surface area contributed by atoms with Gasteiger partial charge in [-0.1, -0.05) is 0 Å². The van der Waals surface area contributed by atoms with Gasteiger partial charge in [0.15, 0.2) is 0 Å². The maximum Gasteiger partial charge on any atom is 0.230 e. The number of nitrogens with two attached hydrogens (primary N) is 1. The molecule has 0 fully saturated rings. The summed E-state index contributed by atoms with van der Waals surface area (Å²) in [5.74, 6) is 0. The van der Waals surface area contributed by atoms with Crippen molar-refractivity contribution in [2.24, 2.45) is 0 Å². The Morgan fingerprint density at radius 1 is 1.05 bits per heavy atom. The summed E-state index contributed by atoms with van der Waals surface area (Å²) >= 11 is 0. The Labute approximate surface area is 111 Å². The normalized spacial score (nSPS) is 11.1. The number of anilines is 2. The molecule has 0 aliphatic heterocycles. The van der Waals surface area contributed by atoms with E-state index >= 15 is 0 Å². The van der Waals surface area contributed by atoms with Crippen LogP contribution in [-0.2, 0) is 0 Å². The molecule has 1 aromatic heterocycles. The zero-order valence-electron chi connectivity index (χ0n) is 11.4. The smallest absolute Gasteiger partial charge is 0.230 e. The zero-order valence-corrected chi connectivity index (χ0v) is 11.4. The van der Waals surface area contributed by atoms with Gasteiger partial charge in [0, 0.05) is 37.6 Å². The largest absolute Gasteiger partial charge is 0.399 e. The van der Waals surface area contributed by atoms with Crippen LogP contribution in [0.15, 0.2) is 30.3 Å². The Kier molecular flexibility index (Phi) is 2.52. The van der Waals surface area contributed by atoms with Crippen molar-refractivity contribution in [2.75, 3.05) is 24.7 Å². The van der Waals surface area contributed by atoms with Gasteiger partial charge in [0.2, 0.25) is 11.0 Å². The van der Waals surface area contributed by atoms with Crippen molar-refractivity contribution < 1.29 is 4.98 Å². The summed E-state index contributed by atoms with van der Waals surface area (Å²) < 4.78 is 0. The van der Waals surface area contributed by atoms with Gasteiger partial charge in [-0.05, 0) is 30.7 Å². The van der Waals surface area contributed by atoms with Crippen LogP contribution in [-0.4, -0.2) is 19.1 Å². The molecule has 3 N–H and O–H groups in total. The van der Waals surface area contributed by atoms with Crippen LogP contribution in [0.2, 0.25) is 0 Å². The van der Waals surface area contributed by atoms with Crippen molar-refractivity contribution in [1.29, 1.82) is 0 Å². The first-order valence-corrected chi connectivity index (χ1v) is 6.25. The van der Waals surface area contributed by atoms with E-state index in [9.17, 15) is 0 Å². The SMILES string of the molecule is Cc1cc2[nH+]c3ccc(N)cc3nc2cc1N(C)C. The molecule has 4 heteroatoms. The van der Waals surface area contributed by atoms with Crippen LogP contribution < -0.4 is 15.6 Å². The molecule has 96 valence electrons. The first kappa shape index (κ1) is 11.7. The van der Waals surface area contributed by atoms with E-state index in [0.717, 1.165) is 27.8 Å². The predicted molar refractivity (Wildman–Crippen MR) is 79.3 cm³/mol. The van der Waals surface area contributed by atoms with Crippen molar-refractivity contribution >= 4 is 33.4 Å². The van der Waals surface area contributed by atoms with Gasteiger partial charge in [0.25, 0.3) is 0 Å². The number of hydrogen-bond donors (Lipinski definition) is 1. The van der Waals surface area contributed by atoms with E-state index in [-0.39, 0.29) is 0 Å². The van der Waals surface area contributed by atoms with E-state index in [1.165, 1.54) is 11.3 Å². The number of rotatable bonds is 1. The van der Waals surface area contributed by atoms with E-state index in [2.05, 4.69) is 33.9 Å². The molecule has 0 saturated heterocycles. The van der Waals surface area contributed by atoms with Gasteiger partial charge in [-0.25, -0.2) is 9.97 Å². The Morgan fingerprint density at radius 3 is 2.53 bits per heavy atom. The van der Waals surface area contributed by atoms with Crippen LogP contribution in [0.4, 0.5) is 11.4 Å². The molecule has 0 spiro atoms. The molecule has 0 amide bonds. The average Bonchev–Trinajstić information content (AvgIpc) is 2.35. The molecular weight excluding hydrogens is 236 g/mol. The zero-order chi connectivity index (χ0) is 13.6. The lowest BCUT2D eigenvalue weighted by Gasteiger charge is -2.15. The van der Waals surface area contributed by atoms with Crippen molar-refractivity contribution in [3.05, 3.63) is 35.9 Å². The van der Waals surface area contributed by atoms with E-state index in [1.807, 2.05) is 32.3 Å². The number of nitrogen functional groups attached to an aromatic ring is 1. The lowest BCUT2D eigenvalue weighted by atomic mass is 10.1. The van der Waals surface area contributed by atoms with Crippen LogP contribution >= 0.6 is 0 Å². The molecule has 2 aromatic carbocycles. The quantitative estimate of drug-likeness (QED) is 0.534. The highest BCUT2D eigenvalue weighted by Crippen LogP contribution is 2.23. The summed E-state index contributed by atoms with van der Waals surface area (Å²) in [5.41, 5.74) is 12.8. The predicted octanol–water partition coefficient (Wildman–Crippen LogP) is 2.16. The number of hydrogen-bond acceptors (Lipinski definition) is 3. The number of aromatic amines is 1. The highest BCUT2D eigenvalue weighted by Gasteiger charge is 2.11. The van der Waals surface area contributed by atoms with Gasteiger partial charge in [0.1, 0.15) is 11.0 Å². The third kappa shape index (κ3) is 1.95. The molecule has 4 nitrogen and oxygen atoms in total. The van der Waals surface area contributed by atoms with E-state index in [0.29, 0.717) is 0 Å². The summed E-state index contributed by atoms with van der Waals surface area (Å²) in [6.45, 7) is 2.11. The van der Waals surface area contributed by atoms with Crippen molar-refractivity contribution in [1.82, 2.24) is 4.98 Å². The third-order valence-electron chi connectivity index (χ3n) is 3.33. The Morgan fingerprint density at radius 2 is 1.79 bits per heavy atom. The second-order valence-electron chi connectivity index (χ2n) is 5.06. The van der Waals surface area contributed by atoms with E-state index in [1.54, 1.807) is 0 Å². The lowest BCUT2D eigenvalue weighted by molar-refractivity contribution is -0.310. The molecule has 0 atom stereocenters. The standard InChI is InChI=1S/C15H16N4/c1-9-6-12-14(8-15(9)19(2)3)18-13-7-10(16)4-5-11(13)17-12/h4-8H,16H2,1-3H3/p+1. The van der Waals surface area contributed by atoms with Crippen molar-refractivity contribution in [3.63, 3.8) is 0 Å². The van der Waals surface area contributed by atoms with Crippen LogP contribution in [0.25, 0.3) is 22.1 Å². The Bertz CT molecular complexity index is 778. The summed E-state index contributed by atoms with van der Waals surface area (Å²) in [4.78, 5) is 10.2. The maximum absolute atomic E-state index is 5.81. The molecule has 0 unspecified atom stereocenters. The molecular formula is C15H17N4+. The molecule has 3 aromatic rings. The number of aryl methyl sites for hydroxylation is 1. The number of H-pyrrole nitrogens is 1. The number of fused-ring (bicyclic) bond motifs is 2. The van der Waals surface area contributed by atoms with Crippen molar-refractivity contribution in [3.8, 4) is 0 Å². The molecule has 0 aliphatic carbocycles. The second-order valence-corrected chi connectivity index (χ2v) is 5.06. The monoisotopic (exact) mass is 253 g/mol. The second kappa shape index (κ2) is 4.09. The molecule has 0 radical (unpaired) electrons. The fourth-order valence-corrected chi connectivity index (χ4v) is 2.38. The first-order valence-electron chi connectivity index (χ1n) is 6.25. The number of benzene rings is 2. The maximum atomic E-state index is 5.81. The molecule has 3 rings (SSSR count). The molecule has 1 heterocycles. The van der Waals surface area contributed by atoms with Gasteiger partial charge in [0.05, 0.1) is 0 Å². The molecule has 0 aliphatic rings. The number of aromatic nitrogens is 2. The summed E-state index contributed by atoms with van der Waals surface area (Å²) in [7, 11) is 4.08. The van der Waals surface area contributed by atoms with Gasteiger partial charge in [-0.2, -0.15) is 0 Å². The highest BCUT2D eigenvalue weighted by molar-refractivity contribution is 5.85. The van der Waals surface area contributed by atoms with Crippen LogP contribution in [0, 0.1) is 6.92 Å². The van der Waals surface area contributed by atoms with Gasteiger partial charge in [-0.15, -0.1) is 0 Å². The summed E-state index contributed by atoms with van der Waals surface area (Å²) in [6.07, 6.45) is 0. The van der Waals surface area contributed by atoms with E-state index in [4.69, 9.17) is 5.73 Å². The lowest BCUT2D eigenvalue weighted by Crippen LogP contribution is -2.13. The molecule has 0 bridgehead atoms. The minimum Gasteiger partial charge on any atom is -0.399 e. The van der Waals surface area contributed by atoms with Crippen LogP contribution in [0.5, 0.6) is 0 Å². The Hall–Kier alpha value is -2.36. The minimum atomic E-state index is 0.729. The summed E-state index contributed by atoms with van der Waals surface area (Å²) in [5, 5.41) is 0. The topological polar surface area (TPSA) is 56.3 Å². The van der Waals surface area contributed by atoms with E-state index < -0.39 is 0 Å². The highest BCUT2D eigenvalue weighted by atomic mass is 15.1. The average molecular weight is 253 g/mol.